The lowest BCUT2D eigenvalue weighted by Gasteiger charge is -2.13. The summed E-state index contributed by atoms with van der Waals surface area (Å²) in [5.41, 5.74) is 0.881. The van der Waals surface area contributed by atoms with Crippen molar-refractivity contribution in [3.63, 3.8) is 0 Å². The van der Waals surface area contributed by atoms with Crippen LogP contribution in [0.5, 0.6) is 17.2 Å². The van der Waals surface area contributed by atoms with Gasteiger partial charge >= 0.3 is 10.1 Å². The van der Waals surface area contributed by atoms with Gasteiger partial charge in [0.15, 0.2) is 11.5 Å². The molecule has 0 aromatic heterocycles. The highest BCUT2D eigenvalue weighted by atomic mass is 32.2. The molecule has 0 saturated carbocycles. The number of ether oxygens (including phenoxy) is 2. The summed E-state index contributed by atoms with van der Waals surface area (Å²) >= 11 is 0. The zero-order chi connectivity index (χ0) is 16.9. The van der Waals surface area contributed by atoms with Crippen molar-refractivity contribution in [2.24, 2.45) is 0 Å². The van der Waals surface area contributed by atoms with E-state index in [4.69, 9.17) is 13.7 Å². The molecule has 0 fully saturated rings. The van der Waals surface area contributed by atoms with Crippen LogP contribution in [0.3, 0.4) is 0 Å². The first kappa shape index (κ1) is 16.9. The van der Waals surface area contributed by atoms with Gasteiger partial charge in [-0.05, 0) is 36.8 Å². The van der Waals surface area contributed by atoms with Crippen LogP contribution in [0.25, 0.3) is 6.08 Å². The van der Waals surface area contributed by atoms with E-state index in [0.717, 1.165) is 5.56 Å². The minimum atomic E-state index is -4.04. The van der Waals surface area contributed by atoms with Crippen molar-refractivity contribution < 1.29 is 22.1 Å². The Hall–Kier alpha value is -2.47. The molecule has 122 valence electrons. The maximum absolute atomic E-state index is 12.5. The van der Waals surface area contributed by atoms with Gasteiger partial charge in [0, 0.05) is 0 Å². The fourth-order valence-electron chi connectivity index (χ4n) is 2.04. The second kappa shape index (κ2) is 7.19. The summed E-state index contributed by atoms with van der Waals surface area (Å²) in [6, 6.07) is 11.3. The molecule has 0 unspecified atom stereocenters. The molecule has 0 heterocycles. The first-order valence-corrected chi connectivity index (χ1v) is 8.31. The quantitative estimate of drug-likeness (QED) is 0.757. The van der Waals surface area contributed by atoms with Gasteiger partial charge in [0.05, 0.1) is 14.2 Å². The predicted octanol–water partition coefficient (Wildman–Crippen LogP) is 3.50. The number of para-hydroxylation sites is 1. The normalized spacial score (nSPS) is 11.4. The zero-order valence-electron chi connectivity index (χ0n) is 13.1. The number of benzene rings is 2. The molecule has 0 N–H and O–H groups in total. The number of hydrogen-bond donors (Lipinski definition) is 0. The minimum Gasteiger partial charge on any atom is -0.495 e. The Labute approximate surface area is 136 Å². The largest absolute Gasteiger partial charge is 0.495 e. The van der Waals surface area contributed by atoms with E-state index < -0.39 is 10.1 Å². The third-order valence-corrected chi connectivity index (χ3v) is 4.36. The highest BCUT2D eigenvalue weighted by Gasteiger charge is 2.23. The topological polar surface area (TPSA) is 61.8 Å². The highest BCUT2D eigenvalue weighted by Crippen LogP contribution is 2.33. The van der Waals surface area contributed by atoms with Crippen LogP contribution in [0.4, 0.5) is 0 Å². The van der Waals surface area contributed by atoms with E-state index in [2.05, 4.69) is 0 Å². The second-order valence-electron chi connectivity index (χ2n) is 4.60. The van der Waals surface area contributed by atoms with Crippen molar-refractivity contribution in [3.8, 4) is 17.2 Å². The molecule has 0 aliphatic rings. The molecule has 2 rings (SSSR count). The van der Waals surface area contributed by atoms with E-state index >= 15 is 0 Å². The van der Waals surface area contributed by atoms with Gasteiger partial charge < -0.3 is 13.7 Å². The molecule has 0 saturated heterocycles. The first-order chi connectivity index (χ1) is 11.0. The molecular formula is C17H18O5S. The molecule has 2 aromatic rings. The second-order valence-corrected chi connectivity index (χ2v) is 6.11. The molecule has 5 nitrogen and oxygen atoms in total. The van der Waals surface area contributed by atoms with Crippen LogP contribution >= 0.6 is 0 Å². The van der Waals surface area contributed by atoms with E-state index in [1.807, 2.05) is 19.1 Å². The Morgan fingerprint density at radius 1 is 0.913 bits per heavy atom. The Morgan fingerprint density at radius 2 is 1.61 bits per heavy atom. The summed E-state index contributed by atoms with van der Waals surface area (Å²) in [7, 11) is -1.18. The number of hydrogen-bond acceptors (Lipinski definition) is 5. The molecule has 6 heteroatoms. The Balaban J connectivity index is 2.41. The monoisotopic (exact) mass is 334 g/mol. The van der Waals surface area contributed by atoms with Crippen molar-refractivity contribution in [3.05, 3.63) is 54.1 Å². The Kier molecular flexibility index (Phi) is 5.28. The number of allylic oxidation sites excluding steroid dienone is 1. The number of rotatable bonds is 6. The lowest BCUT2D eigenvalue weighted by Crippen LogP contribution is -2.11. The van der Waals surface area contributed by atoms with E-state index in [9.17, 15) is 8.42 Å². The van der Waals surface area contributed by atoms with E-state index in [1.165, 1.54) is 20.3 Å². The fourth-order valence-corrected chi connectivity index (χ4v) is 3.14. The van der Waals surface area contributed by atoms with Gasteiger partial charge in [-0.1, -0.05) is 30.4 Å². The Morgan fingerprint density at radius 3 is 2.26 bits per heavy atom. The molecule has 0 aliphatic heterocycles. The maximum atomic E-state index is 12.5. The molecule has 0 amide bonds. The van der Waals surface area contributed by atoms with E-state index in [0.29, 0.717) is 5.75 Å². The summed E-state index contributed by atoms with van der Waals surface area (Å²) in [5.74, 6) is 0.669. The third-order valence-electron chi connectivity index (χ3n) is 3.08. The van der Waals surface area contributed by atoms with Crippen molar-refractivity contribution in [1.82, 2.24) is 0 Å². The minimum absolute atomic E-state index is 0.0397. The summed E-state index contributed by atoms with van der Waals surface area (Å²) in [6.07, 6.45) is 3.75. The van der Waals surface area contributed by atoms with Crippen molar-refractivity contribution in [2.75, 3.05) is 14.2 Å². The van der Waals surface area contributed by atoms with Crippen molar-refractivity contribution in [2.45, 2.75) is 11.8 Å². The van der Waals surface area contributed by atoms with Crippen LogP contribution in [0.1, 0.15) is 12.5 Å². The van der Waals surface area contributed by atoms with Crippen molar-refractivity contribution in [1.29, 1.82) is 0 Å². The van der Waals surface area contributed by atoms with Gasteiger partial charge in [-0.3, -0.25) is 0 Å². The molecule has 23 heavy (non-hydrogen) atoms. The van der Waals surface area contributed by atoms with Crippen LogP contribution in [0.2, 0.25) is 0 Å². The highest BCUT2D eigenvalue weighted by molar-refractivity contribution is 7.87. The average molecular weight is 334 g/mol. The first-order valence-electron chi connectivity index (χ1n) is 6.90. The molecule has 2 aromatic carbocycles. The molecule has 0 spiro atoms. The molecule has 0 atom stereocenters. The van der Waals surface area contributed by atoms with Crippen molar-refractivity contribution >= 4 is 16.2 Å². The summed E-state index contributed by atoms with van der Waals surface area (Å²) in [6.45, 7) is 1.89. The van der Waals surface area contributed by atoms with Gasteiger partial charge in [0.2, 0.25) is 0 Å². The lowest BCUT2D eigenvalue weighted by molar-refractivity contribution is 0.384. The molecule has 0 bridgehead atoms. The SMILES string of the molecule is C/C=C/c1ccc(OS(=O)(=O)c2ccccc2OC)c(OC)c1. The zero-order valence-corrected chi connectivity index (χ0v) is 14.0. The standard InChI is InChI=1S/C17H18O5S/c1-4-7-13-10-11-14(16(12-13)21-3)22-23(18,19)17-9-6-5-8-15(17)20-2/h4-12H,1-3H3/b7-4+. The van der Waals surface area contributed by atoms with Gasteiger partial charge in [0.1, 0.15) is 10.6 Å². The van der Waals surface area contributed by atoms with E-state index in [1.54, 1.807) is 36.4 Å². The van der Waals surface area contributed by atoms with Gasteiger partial charge in [-0.2, -0.15) is 8.42 Å². The van der Waals surface area contributed by atoms with Crippen LogP contribution < -0.4 is 13.7 Å². The van der Waals surface area contributed by atoms with E-state index in [-0.39, 0.29) is 16.4 Å². The van der Waals surface area contributed by atoms with Crippen LogP contribution in [-0.2, 0) is 10.1 Å². The maximum Gasteiger partial charge on any atom is 0.343 e. The van der Waals surface area contributed by atoms with Crippen LogP contribution in [-0.4, -0.2) is 22.6 Å². The fraction of sp³-hybridized carbons (Fsp3) is 0.176. The number of methoxy groups -OCH3 is 2. The van der Waals surface area contributed by atoms with Crippen LogP contribution in [0, 0.1) is 0 Å². The van der Waals surface area contributed by atoms with Gasteiger partial charge in [-0.25, -0.2) is 0 Å². The summed E-state index contributed by atoms with van der Waals surface area (Å²) in [5, 5.41) is 0. The summed E-state index contributed by atoms with van der Waals surface area (Å²) in [4.78, 5) is -0.0397. The van der Waals surface area contributed by atoms with Gasteiger partial charge in [0.25, 0.3) is 0 Å². The van der Waals surface area contributed by atoms with Gasteiger partial charge in [-0.15, -0.1) is 0 Å². The smallest absolute Gasteiger partial charge is 0.343 e. The third kappa shape index (κ3) is 3.84. The Bertz CT molecular complexity index is 809. The molecular weight excluding hydrogens is 316 g/mol. The molecule has 0 aliphatic carbocycles. The lowest BCUT2D eigenvalue weighted by atomic mass is 10.2. The molecule has 0 radical (unpaired) electrons. The summed E-state index contributed by atoms with van der Waals surface area (Å²) < 4.78 is 40.5. The van der Waals surface area contributed by atoms with Crippen LogP contribution in [0.15, 0.2) is 53.4 Å². The average Bonchev–Trinajstić information content (AvgIpc) is 2.56. The predicted molar refractivity (Wildman–Crippen MR) is 88.5 cm³/mol.